The fourth-order valence-electron chi connectivity index (χ4n) is 1.76. The van der Waals surface area contributed by atoms with Crippen LogP contribution in [0.2, 0.25) is 0 Å². The van der Waals surface area contributed by atoms with E-state index in [1.165, 1.54) is 5.56 Å². The Kier molecular flexibility index (Phi) is 2.98. The molecular weight excluding hydrogens is 196 g/mol. The van der Waals surface area contributed by atoms with E-state index in [2.05, 4.69) is 30.1 Å². The number of rotatable bonds is 2. The number of aromatic nitrogens is 1. The second-order valence-corrected chi connectivity index (χ2v) is 3.68. The second kappa shape index (κ2) is 4.59. The van der Waals surface area contributed by atoms with E-state index in [0.717, 1.165) is 5.69 Å². The molecular formula is C14H12N2. The van der Waals surface area contributed by atoms with Crippen LogP contribution in [0.3, 0.4) is 0 Å². The molecule has 0 radical (unpaired) electrons. The molecule has 0 amide bonds. The quantitative estimate of drug-likeness (QED) is 0.760. The van der Waals surface area contributed by atoms with Crippen LogP contribution in [0.25, 0.3) is 0 Å². The first-order chi connectivity index (χ1) is 7.83. The summed E-state index contributed by atoms with van der Waals surface area (Å²) in [7, 11) is 0. The summed E-state index contributed by atoms with van der Waals surface area (Å²) in [6, 6.07) is 15.9. The zero-order chi connectivity index (χ0) is 11.4. The van der Waals surface area contributed by atoms with E-state index < -0.39 is 0 Å². The van der Waals surface area contributed by atoms with Gasteiger partial charge in [-0.2, -0.15) is 5.26 Å². The standard InChI is InChI=1S/C14H12N2/c1-11(12-6-3-2-4-7-12)14-13(10-15)8-5-9-16-14/h2-9,11H,1H3/t11-/m1/s1. The van der Waals surface area contributed by atoms with Crippen molar-refractivity contribution in [2.24, 2.45) is 0 Å². The van der Waals surface area contributed by atoms with Gasteiger partial charge in [0.25, 0.3) is 0 Å². The van der Waals surface area contributed by atoms with Gasteiger partial charge in [-0.25, -0.2) is 0 Å². The monoisotopic (exact) mass is 208 g/mol. The first-order valence-electron chi connectivity index (χ1n) is 5.23. The van der Waals surface area contributed by atoms with E-state index in [9.17, 15) is 0 Å². The van der Waals surface area contributed by atoms with Crippen LogP contribution in [-0.4, -0.2) is 4.98 Å². The predicted molar refractivity (Wildman–Crippen MR) is 62.9 cm³/mol. The first-order valence-corrected chi connectivity index (χ1v) is 5.23. The molecule has 2 heteroatoms. The van der Waals surface area contributed by atoms with Gasteiger partial charge >= 0.3 is 0 Å². The summed E-state index contributed by atoms with van der Waals surface area (Å²) < 4.78 is 0. The molecule has 2 nitrogen and oxygen atoms in total. The Bertz CT molecular complexity index is 512. The first kappa shape index (κ1) is 10.4. The van der Waals surface area contributed by atoms with Gasteiger partial charge in [0.2, 0.25) is 0 Å². The third-order valence-electron chi connectivity index (χ3n) is 2.67. The lowest BCUT2D eigenvalue weighted by Gasteiger charge is -2.12. The number of hydrogen-bond acceptors (Lipinski definition) is 2. The van der Waals surface area contributed by atoms with E-state index in [1.54, 1.807) is 12.3 Å². The van der Waals surface area contributed by atoms with Crippen molar-refractivity contribution in [3.8, 4) is 6.07 Å². The number of pyridine rings is 1. The second-order valence-electron chi connectivity index (χ2n) is 3.68. The fraction of sp³-hybridized carbons (Fsp3) is 0.143. The van der Waals surface area contributed by atoms with Crippen LogP contribution < -0.4 is 0 Å². The van der Waals surface area contributed by atoms with E-state index in [1.807, 2.05) is 24.3 Å². The third-order valence-corrected chi connectivity index (χ3v) is 2.67. The number of nitrogens with zero attached hydrogens (tertiary/aromatic N) is 2. The van der Waals surface area contributed by atoms with E-state index in [0.29, 0.717) is 5.56 Å². The van der Waals surface area contributed by atoms with Gasteiger partial charge in [0.05, 0.1) is 11.3 Å². The Balaban J connectivity index is 2.42. The van der Waals surface area contributed by atoms with Crippen molar-refractivity contribution < 1.29 is 0 Å². The van der Waals surface area contributed by atoms with Crippen molar-refractivity contribution in [3.05, 3.63) is 65.5 Å². The normalized spacial score (nSPS) is 11.8. The molecule has 0 saturated carbocycles. The molecule has 0 bridgehead atoms. The van der Waals surface area contributed by atoms with Gasteiger partial charge in [-0.15, -0.1) is 0 Å². The molecule has 2 aromatic rings. The molecule has 0 N–H and O–H groups in total. The van der Waals surface area contributed by atoms with Crippen molar-refractivity contribution in [1.82, 2.24) is 4.98 Å². The molecule has 1 aromatic carbocycles. The van der Waals surface area contributed by atoms with E-state index in [4.69, 9.17) is 5.26 Å². The molecule has 1 atom stereocenters. The van der Waals surface area contributed by atoms with Gasteiger partial charge < -0.3 is 0 Å². The molecule has 0 saturated heterocycles. The Morgan fingerprint density at radius 3 is 2.56 bits per heavy atom. The summed E-state index contributed by atoms with van der Waals surface area (Å²) in [5.41, 5.74) is 2.67. The molecule has 0 fully saturated rings. The maximum absolute atomic E-state index is 9.02. The summed E-state index contributed by atoms with van der Waals surface area (Å²) >= 11 is 0. The van der Waals surface area contributed by atoms with Gasteiger partial charge in [-0.05, 0) is 17.7 Å². The predicted octanol–water partition coefficient (Wildman–Crippen LogP) is 3.11. The SMILES string of the molecule is C[C@H](c1ccccc1)c1ncccc1C#N. The minimum absolute atomic E-state index is 0.150. The zero-order valence-electron chi connectivity index (χ0n) is 9.09. The van der Waals surface area contributed by atoms with Crippen molar-refractivity contribution in [1.29, 1.82) is 5.26 Å². The highest BCUT2D eigenvalue weighted by molar-refractivity contribution is 5.39. The topological polar surface area (TPSA) is 36.7 Å². The van der Waals surface area contributed by atoms with Gasteiger partial charge in [-0.1, -0.05) is 37.3 Å². The van der Waals surface area contributed by atoms with Gasteiger partial charge in [0.1, 0.15) is 6.07 Å². The molecule has 1 heterocycles. The molecule has 0 spiro atoms. The molecule has 0 unspecified atom stereocenters. The largest absolute Gasteiger partial charge is 0.259 e. The summed E-state index contributed by atoms with van der Waals surface area (Å²) in [5.74, 6) is 0.150. The lowest BCUT2D eigenvalue weighted by molar-refractivity contribution is 0.866. The average Bonchev–Trinajstić information content (AvgIpc) is 2.39. The Hall–Kier alpha value is -2.14. The zero-order valence-corrected chi connectivity index (χ0v) is 9.09. The minimum atomic E-state index is 0.150. The summed E-state index contributed by atoms with van der Waals surface area (Å²) in [6.07, 6.45) is 1.73. The molecule has 2 rings (SSSR count). The Morgan fingerprint density at radius 1 is 1.12 bits per heavy atom. The molecule has 78 valence electrons. The fourth-order valence-corrected chi connectivity index (χ4v) is 1.76. The van der Waals surface area contributed by atoms with Crippen LogP contribution >= 0.6 is 0 Å². The molecule has 0 aliphatic carbocycles. The smallest absolute Gasteiger partial charge is 0.101 e. The maximum Gasteiger partial charge on any atom is 0.101 e. The van der Waals surface area contributed by atoms with Crippen LogP contribution in [0.4, 0.5) is 0 Å². The van der Waals surface area contributed by atoms with Crippen LogP contribution in [0.5, 0.6) is 0 Å². The van der Waals surface area contributed by atoms with Crippen molar-refractivity contribution >= 4 is 0 Å². The van der Waals surface area contributed by atoms with Crippen molar-refractivity contribution in [2.75, 3.05) is 0 Å². The molecule has 0 aliphatic heterocycles. The van der Waals surface area contributed by atoms with Gasteiger partial charge in [-0.3, -0.25) is 4.98 Å². The Morgan fingerprint density at radius 2 is 1.88 bits per heavy atom. The van der Waals surface area contributed by atoms with Crippen LogP contribution in [-0.2, 0) is 0 Å². The average molecular weight is 208 g/mol. The lowest BCUT2D eigenvalue weighted by atomic mass is 9.94. The van der Waals surface area contributed by atoms with Crippen molar-refractivity contribution in [2.45, 2.75) is 12.8 Å². The van der Waals surface area contributed by atoms with Crippen LogP contribution in [0.1, 0.15) is 29.7 Å². The maximum atomic E-state index is 9.02. The molecule has 1 aromatic heterocycles. The summed E-state index contributed by atoms with van der Waals surface area (Å²) in [5, 5.41) is 9.02. The van der Waals surface area contributed by atoms with Crippen LogP contribution in [0, 0.1) is 11.3 Å². The third kappa shape index (κ3) is 1.94. The number of hydrogen-bond donors (Lipinski definition) is 0. The highest BCUT2D eigenvalue weighted by Gasteiger charge is 2.13. The highest BCUT2D eigenvalue weighted by atomic mass is 14.7. The molecule has 16 heavy (non-hydrogen) atoms. The number of nitriles is 1. The summed E-state index contributed by atoms with van der Waals surface area (Å²) in [4.78, 5) is 4.30. The number of benzene rings is 1. The van der Waals surface area contributed by atoms with Crippen molar-refractivity contribution in [3.63, 3.8) is 0 Å². The Labute approximate surface area is 95.2 Å². The van der Waals surface area contributed by atoms with Gasteiger partial charge in [0, 0.05) is 12.1 Å². The molecule has 0 aliphatic rings. The minimum Gasteiger partial charge on any atom is -0.259 e. The lowest BCUT2D eigenvalue weighted by Crippen LogP contribution is -2.01. The van der Waals surface area contributed by atoms with E-state index in [-0.39, 0.29) is 5.92 Å². The highest BCUT2D eigenvalue weighted by Crippen LogP contribution is 2.24. The van der Waals surface area contributed by atoms with Gasteiger partial charge in [0.15, 0.2) is 0 Å². The summed E-state index contributed by atoms with van der Waals surface area (Å²) in [6.45, 7) is 2.07. The van der Waals surface area contributed by atoms with E-state index >= 15 is 0 Å². The van der Waals surface area contributed by atoms with Crippen LogP contribution in [0.15, 0.2) is 48.7 Å².